The van der Waals surface area contributed by atoms with Gasteiger partial charge in [0, 0.05) is 13.0 Å². The van der Waals surface area contributed by atoms with E-state index in [1.54, 1.807) is 0 Å². The lowest BCUT2D eigenvalue weighted by atomic mass is 10.1. The Balaban J connectivity index is 2.53. The van der Waals surface area contributed by atoms with Crippen molar-refractivity contribution in [2.45, 2.75) is 25.4 Å². The van der Waals surface area contributed by atoms with Crippen molar-refractivity contribution in [3.8, 4) is 6.07 Å². The highest BCUT2D eigenvalue weighted by atomic mass is 19.4. The van der Waals surface area contributed by atoms with Crippen LogP contribution in [-0.4, -0.2) is 12.6 Å². The van der Waals surface area contributed by atoms with Gasteiger partial charge in [0.05, 0.1) is 17.3 Å². The molecule has 0 aliphatic rings. The molecule has 0 aromatic heterocycles. The molecule has 0 aliphatic carbocycles. The van der Waals surface area contributed by atoms with Gasteiger partial charge in [-0.05, 0) is 25.0 Å². The first-order valence-electron chi connectivity index (χ1n) is 6.03. The van der Waals surface area contributed by atoms with Crippen LogP contribution in [0.2, 0.25) is 0 Å². The molecule has 2 amide bonds. The molecule has 0 aliphatic heterocycles. The van der Waals surface area contributed by atoms with E-state index in [9.17, 15) is 18.0 Å². The Morgan fingerprint density at radius 3 is 2.60 bits per heavy atom. The molecule has 0 unspecified atom stereocenters. The Bertz CT molecular complexity index is 494. The first-order valence-corrected chi connectivity index (χ1v) is 6.03. The molecule has 1 aromatic carbocycles. The molecule has 108 valence electrons. The van der Waals surface area contributed by atoms with Crippen LogP contribution in [0.4, 0.5) is 23.7 Å². The number of hydrogen-bond donors (Lipinski definition) is 2. The van der Waals surface area contributed by atoms with Crippen LogP contribution in [0.25, 0.3) is 0 Å². The average molecular weight is 285 g/mol. The molecule has 0 saturated carbocycles. The zero-order valence-electron chi connectivity index (χ0n) is 10.6. The summed E-state index contributed by atoms with van der Waals surface area (Å²) in [4.78, 5) is 11.5. The highest BCUT2D eigenvalue weighted by Crippen LogP contribution is 2.34. The van der Waals surface area contributed by atoms with Crippen molar-refractivity contribution in [1.82, 2.24) is 5.32 Å². The smallest absolute Gasteiger partial charge is 0.338 e. The number of amides is 2. The van der Waals surface area contributed by atoms with Gasteiger partial charge in [-0.3, -0.25) is 0 Å². The third-order valence-corrected chi connectivity index (χ3v) is 2.48. The number of alkyl halides is 3. The largest absolute Gasteiger partial charge is 0.418 e. The van der Waals surface area contributed by atoms with Crippen LogP contribution in [0, 0.1) is 11.3 Å². The topological polar surface area (TPSA) is 64.9 Å². The number of anilines is 1. The van der Waals surface area contributed by atoms with Crippen molar-refractivity contribution in [2.24, 2.45) is 0 Å². The standard InChI is InChI=1S/C13H14F3N3O/c14-13(15,16)10-6-2-3-7-11(10)19-12(20)18-9-5-1-4-8-17/h2-3,6-7H,1,4-5,9H2,(H2,18,19,20). The average Bonchev–Trinajstić information content (AvgIpc) is 2.38. The van der Waals surface area contributed by atoms with Gasteiger partial charge in [-0.25, -0.2) is 4.79 Å². The second kappa shape index (κ2) is 7.38. The number of carbonyl (C=O) groups is 1. The summed E-state index contributed by atoms with van der Waals surface area (Å²) in [6, 6.07) is 6.04. The molecule has 1 aromatic rings. The Morgan fingerprint density at radius 2 is 1.95 bits per heavy atom. The summed E-state index contributed by atoms with van der Waals surface area (Å²) in [7, 11) is 0. The molecule has 0 spiro atoms. The van der Waals surface area contributed by atoms with Crippen molar-refractivity contribution >= 4 is 11.7 Å². The zero-order chi connectivity index (χ0) is 15.0. The van der Waals surface area contributed by atoms with E-state index in [0.29, 0.717) is 25.8 Å². The number of halogens is 3. The van der Waals surface area contributed by atoms with Crippen molar-refractivity contribution in [1.29, 1.82) is 5.26 Å². The van der Waals surface area contributed by atoms with Crippen LogP contribution in [-0.2, 0) is 6.18 Å². The molecule has 4 nitrogen and oxygen atoms in total. The third-order valence-electron chi connectivity index (χ3n) is 2.48. The summed E-state index contributed by atoms with van der Waals surface area (Å²) < 4.78 is 38.1. The molecule has 0 atom stereocenters. The lowest BCUT2D eigenvalue weighted by Gasteiger charge is -2.13. The fraction of sp³-hybridized carbons (Fsp3) is 0.385. The Morgan fingerprint density at radius 1 is 1.25 bits per heavy atom. The molecule has 1 rings (SSSR count). The number of benzene rings is 1. The van der Waals surface area contributed by atoms with E-state index >= 15 is 0 Å². The van der Waals surface area contributed by atoms with Crippen molar-refractivity contribution < 1.29 is 18.0 Å². The number of carbonyl (C=O) groups excluding carboxylic acids is 1. The number of nitrogens with one attached hydrogen (secondary N) is 2. The summed E-state index contributed by atoms with van der Waals surface area (Å²) in [6.45, 7) is 0.307. The summed E-state index contributed by atoms with van der Waals surface area (Å²) in [6.07, 6.45) is -2.89. The van der Waals surface area contributed by atoms with Crippen molar-refractivity contribution in [3.63, 3.8) is 0 Å². The summed E-state index contributed by atoms with van der Waals surface area (Å²) in [5, 5.41) is 12.9. The molecule has 20 heavy (non-hydrogen) atoms. The number of nitrogens with zero attached hydrogens (tertiary/aromatic N) is 1. The lowest BCUT2D eigenvalue weighted by Crippen LogP contribution is -2.30. The fourth-order valence-corrected chi connectivity index (χ4v) is 1.54. The van der Waals surface area contributed by atoms with Gasteiger partial charge >= 0.3 is 12.2 Å². The van der Waals surface area contributed by atoms with Crippen LogP contribution >= 0.6 is 0 Å². The van der Waals surface area contributed by atoms with Gasteiger partial charge in [-0.2, -0.15) is 18.4 Å². The van der Waals surface area contributed by atoms with Crippen molar-refractivity contribution in [2.75, 3.05) is 11.9 Å². The quantitative estimate of drug-likeness (QED) is 0.813. The Hall–Kier alpha value is -2.23. The number of nitriles is 1. The summed E-state index contributed by atoms with van der Waals surface area (Å²) in [5.41, 5.74) is -1.17. The highest BCUT2D eigenvalue weighted by molar-refractivity contribution is 5.90. The van der Waals surface area contributed by atoms with E-state index in [1.807, 2.05) is 6.07 Å². The van der Waals surface area contributed by atoms with Crippen LogP contribution in [0.15, 0.2) is 24.3 Å². The second-order valence-corrected chi connectivity index (χ2v) is 4.04. The van der Waals surface area contributed by atoms with Gasteiger partial charge in [0.15, 0.2) is 0 Å². The van der Waals surface area contributed by atoms with Gasteiger partial charge in [0.2, 0.25) is 0 Å². The van der Waals surface area contributed by atoms with Gasteiger partial charge in [0.25, 0.3) is 0 Å². The maximum absolute atomic E-state index is 12.7. The van der Waals surface area contributed by atoms with E-state index < -0.39 is 17.8 Å². The van der Waals surface area contributed by atoms with Crippen LogP contribution in [0.3, 0.4) is 0 Å². The molecule has 0 heterocycles. The van der Waals surface area contributed by atoms with Crippen LogP contribution in [0.5, 0.6) is 0 Å². The van der Waals surface area contributed by atoms with E-state index in [4.69, 9.17) is 5.26 Å². The molecule has 0 saturated heterocycles. The zero-order valence-corrected chi connectivity index (χ0v) is 10.6. The van der Waals surface area contributed by atoms with Gasteiger partial charge in [-0.15, -0.1) is 0 Å². The number of unbranched alkanes of at least 4 members (excludes halogenated alkanes) is 2. The maximum Gasteiger partial charge on any atom is 0.418 e. The summed E-state index contributed by atoms with van der Waals surface area (Å²) in [5.74, 6) is 0. The van der Waals surface area contributed by atoms with E-state index in [2.05, 4.69) is 10.6 Å². The third kappa shape index (κ3) is 5.18. The number of para-hydroxylation sites is 1. The molecule has 0 fully saturated rings. The van der Waals surface area contributed by atoms with Crippen LogP contribution < -0.4 is 10.6 Å². The van der Waals surface area contributed by atoms with E-state index in [-0.39, 0.29) is 5.69 Å². The normalized spacial score (nSPS) is 10.7. The summed E-state index contributed by atoms with van der Waals surface area (Å²) >= 11 is 0. The number of hydrogen-bond acceptors (Lipinski definition) is 2. The van der Waals surface area contributed by atoms with Gasteiger partial charge in [-0.1, -0.05) is 12.1 Å². The molecule has 7 heteroatoms. The number of rotatable bonds is 5. The maximum atomic E-state index is 12.7. The second-order valence-electron chi connectivity index (χ2n) is 4.04. The van der Waals surface area contributed by atoms with E-state index in [1.165, 1.54) is 18.2 Å². The predicted octanol–water partition coefficient (Wildman–Crippen LogP) is 3.52. The molecular formula is C13H14F3N3O. The molecule has 0 radical (unpaired) electrons. The SMILES string of the molecule is N#CCCCCNC(=O)Nc1ccccc1C(F)(F)F. The first-order chi connectivity index (χ1) is 9.45. The minimum Gasteiger partial charge on any atom is -0.338 e. The lowest BCUT2D eigenvalue weighted by molar-refractivity contribution is -0.136. The van der Waals surface area contributed by atoms with Crippen molar-refractivity contribution in [3.05, 3.63) is 29.8 Å². The van der Waals surface area contributed by atoms with Crippen LogP contribution in [0.1, 0.15) is 24.8 Å². The Labute approximate surface area is 114 Å². The minimum atomic E-state index is -4.52. The molecule has 2 N–H and O–H groups in total. The number of urea groups is 1. The van der Waals surface area contributed by atoms with E-state index in [0.717, 1.165) is 6.07 Å². The predicted molar refractivity (Wildman–Crippen MR) is 67.9 cm³/mol. The Kier molecular flexibility index (Phi) is 5.84. The minimum absolute atomic E-state index is 0.283. The van der Waals surface area contributed by atoms with Gasteiger partial charge < -0.3 is 10.6 Å². The highest BCUT2D eigenvalue weighted by Gasteiger charge is 2.33. The fourth-order valence-electron chi connectivity index (χ4n) is 1.54. The van der Waals surface area contributed by atoms with Gasteiger partial charge in [0.1, 0.15) is 0 Å². The monoisotopic (exact) mass is 285 g/mol. The molecular weight excluding hydrogens is 271 g/mol. The first kappa shape index (κ1) is 15.8. The molecule has 0 bridgehead atoms.